The molecule has 0 bridgehead atoms. The number of halogens is 1. The summed E-state index contributed by atoms with van der Waals surface area (Å²) in [6, 6.07) is 35.8. The van der Waals surface area contributed by atoms with Crippen molar-refractivity contribution in [3.63, 3.8) is 0 Å². The van der Waals surface area contributed by atoms with Crippen LogP contribution in [0.2, 0.25) is 0 Å². The van der Waals surface area contributed by atoms with Crippen LogP contribution < -0.4 is 20.1 Å². The van der Waals surface area contributed by atoms with Crippen LogP contribution in [-0.4, -0.2) is 58.1 Å². The Morgan fingerprint density at radius 1 is 0.756 bits per heavy atom. The van der Waals surface area contributed by atoms with Crippen molar-refractivity contribution < 1.29 is 28.5 Å². The standard InChI is InChI=1S/C19H23NO3.C17H16BrNO3/c1-21-14-16-9-5-6-10-17(16)23-19(15-7-3-2-4-8-15)18-13-20-11-12-22-18;18-13-8-4-5-9-14(13)22-17(12-6-2-1-3-7-12)15-10-19-16(20)11-21-15/h2-10,18-20H,11-14H2,1H3;1-9,15,17H,10-11H2,(H,19,20)/t18-,19-;/m0./s1. The van der Waals surface area contributed by atoms with E-state index in [9.17, 15) is 4.79 Å². The molecule has 0 saturated carbocycles. The smallest absolute Gasteiger partial charge is 0.246 e. The van der Waals surface area contributed by atoms with Gasteiger partial charge in [0.15, 0.2) is 12.2 Å². The molecule has 0 radical (unpaired) electrons. The third-order valence-electron chi connectivity index (χ3n) is 7.43. The van der Waals surface area contributed by atoms with Crippen LogP contribution >= 0.6 is 15.9 Å². The fourth-order valence-corrected chi connectivity index (χ4v) is 5.57. The van der Waals surface area contributed by atoms with Gasteiger partial charge in [-0.3, -0.25) is 4.79 Å². The normalized spacial score (nSPS) is 19.3. The monoisotopic (exact) mass is 674 g/mol. The minimum absolute atomic E-state index is 0.0123. The lowest BCUT2D eigenvalue weighted by Crippen LogP contribution is -2.46. The van der Waals surface area contributed by atoms with E-state index < -0.39 is 0 Å². The number of ether oxygens (including phenoxy) is 5. The zero-order valence-electron chi connectivity index (χ0n) is 25.3. The molecule has 2 N–H and O–H groups in total. The van der Waals surface area contributed by atoms with Gasteiger partial charge in [-0.05, 0) is 45.3 Å². The number of carbonyl (C=O) groups excluding carboxylic acids is 1. The van der Waals surface area contributed by atoms with Crippen molar-refractivity contribution in [3.05, 3.63) is 130 Å². The van der Waals surface area contributed by atoms with Gasteiger partial charge in [0.2, 0.25) is 5.91 Å². The average Bonchev–Trinajstić information content (AvgIpc) is 3.10. The van der Waals surface area contributed by atoms with Crippen LogP contribution in [0.1, 0.15) is 28.9 Å². The fourth-order valence-electron chi connectivity index (χ4n) is 5.19. The van der Waals surface area contributed by atoms with Gasteiger partial charge in [-0.25, -0.2) is 0 Å². The van der Waals surface area contributed by atoms with Gasteiger partial charge in [0.25, 0.3) is 0 Å². The second-order valence-corrected chi connectivity index (χ2v) is 11.5. The maximum Gasteiger partial charge on any atom is 0.246 e. The molecule has 6 rings (SSSR count). The van der Waals surface area contributed by atoms with Gasteiger partial charge in [-0.15, -0.1) is 0 Å². The molecule has 2 unspecified atom stereocenters. The number of nitrogens with one attached hydrogen (secondary N) is 2. The maximum absolute atomic E-state index is 11.3. The number of rotatable bonds is 10. The summed E-state index contributed by atoms with van der Waals surface area (Å²) in [7, 11) is 1.69. The lowest BCUT2D eigenvalue weighted by molar-refractivity contribution is -0.137. The number of amides is 1. The van der Waals surface area contributed by atoms with Crippen LogP contribution in [-0.2, 0) is 25.6 Å². The van der Waals surface area contributed by atoms with Gasteiger partial charge in [0.05, 0.1) is 17.7 Å². The van der Waals surface area contributed by atoms with Crippen molar-refractivity contribution in [1.82, 2.24) is 10.6 Å². The Morgan fingerprint density at radius 2 is 1.33 bits per heavy atom. The Hall–Kier alpha value is -3.73. The molecule has 2 heterocycles. The molecule has 236 valence electrons. The summed E-state index contributed by atoms with van der Waals surface area (Å²) in [4.78, 5) is 11.3. The molecule has 2 fully saturated rings. The van der Waals surface area contributed by atoms with Gasteiger partial charge in [-0.1, -0.05) is 91.0 Å². The Kier molecular flexibility index (Phi) is 12.4. The zero-order valence-corrected chi connectivity index (χ0v) is 26.9. The first kappa shape index (κ1) is 32.7. The first-order valence-electron chi connectivity index (χ1n) is 15.1. The SMILES string of the molecule is COCc1ccccc1O[C@@H](c1ccccc1)[C@@H]1CNCCO1.O=C1COC(C(Oc2ccccc2Br)c2ccccc2)CN1. The number of hydrogen-bond acceptors (Lipinski definition) is 7. The number of benzene rings is 4. The second kappa shape index (κ2) is 17.1. The molecule has 4 aromatic carbocycles. The summed E-state index contributed by atoms with van der Waals surface area (Å²) >= 11 is 3.50. The topological polar surface area (TPSA) is 87.3 Å². The number of para-hydroxylation sites is 2. The highest BCUT2D eigenvalue weighted by atomic mass is 79.9. The molecule has 4 atom stereocenters. The molecule has 8 nitrogen and oxygen atoms in total. The molecular weight excluding hydrogens is 636 g/mol. The van der Waals surface area contributed by atoms with E-state index >= 15 is 0 Å². The third-order valence-corrected chi connectivity index (χ3v) is 8.09. The highest BCUT2D eigenvalue weighted by molar-refractivity contribution is 9.10. The summed E-state index contributed by atoms with van der Waals surface area (Å²) < 4.78 is 30.3. The maximum atomic E-state index is 11.3. The van der Waals surface area contributed by atoms with Crippen LogP contribution in [0.25, 0.3) is 0 Å². The summed E-state index contributed by atoms with van der Waals surface area (Å²) in [5.74, 6) is 1.50. The molecule has 9 heteroatoms. The van der Waals surface area contributed by atoms with E-state index in [2.05, 4.69) is 38.7 Å². The molecule has 4 aromatic rings. The van der Waals surface area contributed by atoms with Crippen molar-refractivity contribution in [2.24, 2.45) is 0 Å². The largest absolute Gasteiger partial charge is 0.483 e. The van der Waals surface area contributed by atoms with Gasteiger partial charge < -0.3 is 34.3 Å². The first-order valence-corrected chi connectivity index (χ1v) is 15.9. The van der Waals surface area contributed by atoms with E-state index in [1.165, 1.54) is 0 Å². The summed E-state index contributed by atoms with van der Waals surface area (Å²) in [5, 5.41) is 6.21. The Labute approximate surface area is 273 Å². The van der Waals surface area contributed by atoms with Crippen LogP contribution in [0.5, 0.6) is 11.5 Å². The predicted octanol–water partition coefficient (Wildman–Crippen LogP) is 6.03. The Balaban J connectivity index is 0.000000178. The minimum atomic E-state index is -0.291. The highest BCUT2D eigenvalue weighted by Gasteiger charge is 2.31. The summed E-state index contributed by atoms with van der Waals surface area (Å²) in [6.45, 7) is 3.40. The van der Waals surface area contributed by atoms with Crippen LogP contribution in [0, 0.1) is 0 Å². The number of hydrogen-bond donors (Lipinski definition) is 2. The molecule has 0 spiro atoms. The Bertz CT molecular complexity index is 1460. The van der Waals surface area contributed by atoms with E-state index in [1.807, 2.05) is 97.1 Å². The van der Waals surface area contributed by atoms with E-state index in [4.69, 9.17) is 23.7 Å². The highest BCUT2D eigenvalue weighted by Crippen LogP contribution is 2.32. The lowest BCUT2D eigenvalue weighted by Gasteiger charge is -2.32. The molecule has 0 aromatic heterocycles. The van der Waals surface area contributed by atoms with E-state index in [-0.39, 0.29) is 36.9 Å². The van der Waals surface area contributed by atoms with E-state index in [0.717, 1.165) is 45.8 Å². The number of morpholine rings is 2. The fraction of sp³-hybridized carbons (Fsp3) is 0.306. The first-order chi connectivity index (χ1) is 22.1. The molecule has 2 aliphatic rings. The quantitative estimate of drug-likeness (QED) is 0.213. The molecule has 1 amide bonds. The van der Waals surface area contributed by atoms with E-state index in [0.29, 0.717) is 19.8 Å². The molecule has 2 saturated heterocycles. The number of carbonyl (C=O) groups is 1. The van der Waals surface area contributed by atoms with Gasteiger partial charge in [0.1, 0.15) is 30.3 Å². The minimum Gasteiger partial charge on any atom is -0.483 e. The van der Waals surface area contributed by atoms with Crippen molar-refractivity contribution in [3.8, 4) is 11.5 Å². The van der Waals surface area contributed by atoms with Crippen molar-refractivity contribution in [2.45, 2.75) is 31.0 Å². The Morgan fingerprint density at radius 3 is 1.91 bits per heavy atom. The predicted molar refractivity (Wildman–Crippen MR) is 176 cm³/mol. The van der Waals surface area contributed by atoms with Gasteiger partial charge in [0, 0.05) is 32.3 Å². The third kappa shape index (κ3) is 9.39. The summed E-state index contributed by atoms with van der Waals surface area (Å²) in [6.07, 6.45) is -0.684. The van der Waals surface area contributed by atoms with Crippen LogP contribution in [0.3, 0.4) is 0 Å². The average molecular weight is 676 g/mol. The zero-order chi connectivity index (χ0) is 31.3. The molecular formula is C36H39BrN2O6. The lowest BCUT2D eigenvalue weighted by atomic mass is 10.0. The van der Waals surface area contributed by atoms with Gasteiger partial charge >= 0.3 is 0 Å². The second-order valence-electron chi connectivity index (χ2n) is 10.6. The molecule has 45 heavy (non-hydrogen) atoms. The van der Waals surface area contributed by atoms with Gasteiger partial charge in [-0.2, -0.15) is 0 Å². The molecule has 0 aliphatic carbocycles. The van der Waals surface area contributed by atoms with Crippen LogP contribution in [0.4, 0.5) is 0 Å². The number of methoxy groups -OCH3 is 1. The summed E-state index contributed by atoms with van der Waals surface area (Å²) in [5.41, 5.74) is 3.17. The van der Waals surface area contributed by atoms with Crippen molar-refractivity contribution in [1.29, 1.82) is 0 Å². The molecule has 2 aliphatic heterocycles. The van der Waals surface area contributed by atoms with Crippen molar-refractivity contribution >= 4 is 21.8 Å². The van der Waals surface area contributed by atoms with Crippen molar-refractivity contribution in [2.75, 3.05) is 40.0 Å². The van der Waals surface area contributed by atoms with E-state index in [1.54, 1.807) is 7.11 Å². The van der Waals surface area contributed by atoms with Crippen LogP contribution in [0.15, 0.2) is 114 Å².